The summed E-state index contributed by atoms with van der Waals surface area (Å²) in [6.07, 6.45) is 0.153. The summed E-state index contributed by atoms with van der Waals surface area (Å²) in [6, 6.07) is 7.09. The fourth-order valence-electron chi connectivity index (χ4n) is 1.83. The number of hydrogen-bond acceptors (Lipinski definition) is 3. The quantitative estimate of drug-likeness (QED) is 0.823. The van der Waals surface area contributed by atoms with Crippen LogP contribution in [0.3, 0.4) is 0 Å². The van der Waals surface area contributed by atoms with Crippen molar-refractivity contribution in [1.82, 2.24) is 0 Å². The van der Waals surface area contributed by atoms with Crippen LogP contribution in [-0.4, -0.2) is 28.9 Å². The number of ether oxygens (including phenoxy) is 1. The van der Waals surface area contributed by atoms with E-state index < -0.39 is 17.5 Å². The summed E-state index contributed by atoms with van der Waals surface area (Å²) >= 11 is 0. The van der Waals surface area contributed by atoms with Gasteiger partial charge >= 0.3 is 5.97 Å². The Labute approximate surface area is 101 Å². The maximum absolute atomic E-state index is 11.1. The van der Waals surface area contributed by atoms with Crippen LogP contribution in [0.2, 0.25) is 0 Å². The van der Waals surface area contributed by atoms with Crippen LogP contribution in [0, 0.1) is 0 Å². The largest absolute Gasteiger partial charge is 0.497 e. The Balaban J connectivity index is 3.09. The van der Waals surface area contributed by atoms with Crippen LogP contribution in [-0.2, 0) is 4.79 Å². The average Bonchev–Trinajstić information content (AvgIpc) is 2.36. The molecule has 0 aliphatic heterocycles. The summed E-state index contributed by atoms with van der Waals surface area (Å²) in [7, 11) is 1.55. The Bertz CT molecular complexity index is 402. The molecule has 0 heterocycles. The number of hydrogen-bond donors (Lipinski definition) is 2. The van der Waals surface area contributed by atoms with Crippen LogP contribution < -0.4 is 4.74 Å². The summed E-state index contributed by atoms with van der Waals surface area (Å²) in [5.74, 6) is -1.05. The lowest BCUT2D eigenvalue weighted by atomic mass is 9.81. The highest BCUT2D eigenvalue weighted by molar-refractivity contribution is 5.78. The molecule has 4 nitrogen and oxygen atoms in total. The van der Waals surface area contributed by atoms with E-state index in [-0.39, 0.29) is 6.42 Å². The van der Waals surface area contributed by atoms with Gasteiger partial charge in [0.2, 0.25) is 0 Å². The third-order valence-corrected chi connectivity index (χ3v) is 3.22. The minimum atomic E-state index is -1.74. The van der Waals surface area contributed by atoms with Crippen LogP contribution in [0.5, 0.6) is 5.75 Å². The number of rotatable bonds is 5. The molecule has 1 aromatic carbocycles. The zero-order chi connectivity index (χ0) is 13.1. The van der Waals surface area contributed by atoms with Crippen molar-refractivity contribution in [2.45, 2.75) is 31.8 Å². The van der Waals surface area contributed by atoms with Crippen LogP contribution in [0.4, 0.5) is 0 Å². The maximum atomic E-state index is 11.1. The second-order valence-electron chi connectivity index (χ2n) is 4.08. The molecular weight excluding hydrogens is 220 g/mol. The van der Waals surface area contributed by atoms with Crippen molar-refractivity contribution < 1.29 is 19.7 Å². The fourth-order valence-corrected chi connectivity index (χ4v) is 1.83. The van der Waals surface area contributed by atoms with Crippen molar-refractivity contribution in [3.8, 4) is 5.75 Å². The Morgan fingerprint density at radius 2 is 2.18 bits per heavy atom. The number of carboxylic acids is 1. The van der Waals surface area contributed by atoms with E-state index in [0.717, 1.165) is 5.56 Å². The molecule has 0 bridgehead atoms. The van der Waals surface area contributed by atoms with Gasteiger partial charge in [-0.2, -0.15) is 0 Å². The first-order chi connectivity index (χ1) is 7.95. The highest BCUT2D eigenvalue weighted by Crippen LogP contribution is 2.32. The van der Waals surface area contributed by atoms with Crippen LogP contribution in [0.1, 0.15) is 31.7 Å². The van der Waals surface area contributed by atoms with Crippen molar-refractivity contribution in [1.29, 1.82) is 0 Å². The fraction of sp³-hybridized carbons (Fsp3) is 0.462. The van der Waals surface area contributed by atoms with Gasteiger partial charge in [-0.25, -0.2) is 4.79 Å². The zero-order valence-electron chi connectivity index (χ0n) is 10.3. The summed E-state index contributed by atoms with van der Waals surface area (Å²) in [4.78, 5) is 11.1. The van der Waals surface area contributed by atoms with E-state index in [0.29, 0.717) is 5.75 Å². The zero-order valence-corrected chi connectivity index (χ0v) is 10.3. The number of carboxylic acid groups (broad SMARTS) is 1. The highest BCUT2D eigenvalue weighted by atomic mass is 16.5. The molecule has 0 spiro atoms. The standard InChI is InChI=1S/C13H18O4/c1-4-13(16,12(14)15)9(2)10-6-5-7-11(8-10)17-3/h5-9,16H,4H2,1-3H3,(H,14,15). The highest BCUT2D eigenvalue weighted by Gasteiger charge is 2.40. The van der Waals surface area contributed by atoms with E-state index in [1.165, 1.54) is 0 Å². The number of methoxy groups -OCH3 is 1. The molecular formula is C13H18O4. The van der Waals surface area contributed by atoms with Gasteiger partial charge in [-0.05, 0) is 24.1 Å². The molecule has 0 aliphatic carbocycles. The van der Waals surface area contributed by atoms with Gasteiger partial charge in [-0.3, -0.25) is 0 Å². The van der Waals surface area contributed by atoms with E-state index in [9.17, 15) is 9.90 Å². The predicted molar refractivity (Wildman–Crippen MR) is 64.3 cm³/mol. The predicted octanol–water partition coefficient (Wildman–Crippen LogP) is 2.02. The third kappa shape index (κ3) is 2.58. The van der Waals surface area contributed by atoms with E-state index in [4.69, 9.17) is 9.84 Å². The van der Waals surface area contributed by atoms with E-state index in [2.05, 4.69) is 0 Å². The average molecular weight is 238 g/mol. The Morgan fingerprint density at radius 1 is 1.53 bits per heavy atom. The van der Waals surface area contributed by atoms with Gasteiger partial charge in [0.1, 0.15) is 5.75 Å². The number of benzene rings is 1. The molecule has 0 aromatic heterocycles. The molecule has 2 unspecified atom stereocenters. The van der Waals surface area contributed by atoms with Gasteiger partial charge in [0.05, 0.1) is 7.11 Å². The van der Waals surface area contributed by atoms with Crippen molar-refractivity contribution in [3.05, 3.63) is 29.8 Å². The first-order valence-electron chi connectivity index (χ1n) is 5.55. The van der Waals surface area contributed by atoms with Crippen LogP contribution in [0.15, 0.2) is 24.3 Å². The summed E-state index contributed by atoms with van der Waals surface area (Å²) in [5, 5.41) is 19.3. The molecule has 17 heavy (non-hydrogen) atoms. The maximum Gasteiger partial charge on any atom is 0.336 e. The van der Waals surface area contributed by atoms with Gasteiger partial charge in [-0.1, -0.05) is 26.0 Å². The van der Waals surface area contributed by atoms with E-state index in [1.54, 1.807) is 45.2 Å². The molecule has 1 aromatic rings. The topological polar surface area (TPSA) is 66.8 Å². The molecule has 0 fully saturated rings. The molecule has 2 N–H and O–H groups in total. The smallest absolute Gasteiger partial charge is 0.336 e. The van der Waals surface area contributed by atoms with Crippen molar-refractivity contribution in [2.24, 2.45) is 0 Å². The van der Waals surface area contributed by atoms with Gasteiger partial charge in [0.15, 0.2) is 5.60 Å². The van der Waals surface area contributed by atoms with Gasteiger partial charge in [0.25, 0.3) is 0 Å². The van der Waals surface area contributed by atoms with Crippen LogP contribution in [0.25, 0.3) is 0 Å². The van der Waals surface area contributed by atoms with Crippen molar-refractivity contribution >= 4 is 5.97 Å². The Hall–Kier alpha value is -1.55. The molecule has 0 saturated carbocycles. The Morgan fingerprint density at radius 3 is 2.65 bits per heavy atom. The van der Waals surface area contributed by atoms with Gasteiger partial charge in [-0.15, -0.1) is 0 Å². The molecule has 0 amide bonds. The second kappa shape index (κ2) is 5.19. The number of aliphatic hydroxyl groups is 1. The second-order valence-corrected chi connectivity index (χ2v) is 4.08. The van der Waals surface area contributed by atoms with E-state index in [1.807, 2.05) is 0 Å². The lowest BCUT2D eigenvalue weighted by Crippen LogP contribution is -2.42. The number of aliphatic carboxylic acids is 1. The molecule has 0 saturated heterocycles. The minimum absolute atomic E-state index is 0.153. The van der Waals surface area contributed by atoms with Crippen LogP contribution >= 0.6 is 0 Å². The monoisotopic (exact) mass is 238 g/mol. The Kier molecular flexibility index (Phi) is 4.12. The summed E-state index contributed by atoms with van der Waals surface area (Å²) < 4.78 is 5.08. The molecule has 2 atom stereocenters. The van der Waals surface area contributed by atoms with Crippen molar-refractivity contribution in [2.75, 3.05) is 7.11 Å². The first kappa shape index (κ1) is 13.5. The molecule has 1 rings (SSSR count). The first-order valence-corrected chi connectivity index (χ1v) is 5.55. The SMILES string of the molecule is CCC(O)(C(=O)O)C(C)c1cccc(OC)c1. The molecule has 4 heteroatoms. The lowest BCUT2D eigenvalue weighted by molar-refractivity contribution is -0.161. The minimum Gasteiger partial charge on any atom is -0.497 e. The third-order valence-electron chi connectivity index (χ3n) is 3.22. The molecule has 0 aliphatic rings. The van der Waals surface area contributed by atoms with Gasteiger partial charge in [0, 0.05) is 5.92 Å². The number of carbonyl (C=O) groups is 1. The lowest BCUT2D eigenvalue weighted by Gasteiger charge is -2.29. The molecule has 94 valence electrons. The van der Waals surface area contributed by atoms with E-state index >= 15 is 0 Å². The molecule has 0 radical (unpaired) electrons. The summed E-state index contributed by atoms with van der Waals surface area (Å²) in [5.41, 5.74) is -0.997. The van der Waals surface area contributed by atoms with Crippen molar-refractivity contribution in [3.63, 3.8) is 0 Å². The van der Waals surface area contributed by atoms with Gasteiger partial charge < -0.3 is 14.9 Å². The normalized spacial score (nSPS) is 16.0. The summed E-state index contributed by atoms with van der Waals surface area (Å²) in [6.45, 7) is 3.36.